The Balaban J connectivity index is 1.38. The second-order valence-electron chi connectivity index (χ2n) is 10.3. The zero-order chi connectivity index (χ0) is 27.7. The van der Waals surface area contributed by atoms with E-state index < -0.39 is 0 Å². The van der Waals surface area contributed by atoms with Gasteiger partial charge in [-0.05, 0) is 37.6 Å². The number of benzene rings is 2. The lowest BCUT2D eigenvalue weighted by molar-refractivity contribution is 0.102. The van der Waals surface area contributed by atoms with Gasteiger partial charge in [0.25, 0.3) is 5.91 Å². The summed E-state index contributed by atoms with van der Waals surface area (Å²) in [6, 6.07) is 11.4. The maximum atomic E-state index is 12.6. The molecule has 5 rings (SSSR count). The summed E-state index contributed by atoms with van der Waals surface area (Å²) in [5, 5.41) is 16.5. The molecular formula is C26H35N11O2. The van der Waals surface area contributed by atoms with E-state index in [0.717, 1.165) is 12.0 Å². The summed E-state index contributed by atoms with van der Waals surface area (Å²) in [6.07, 6.45) is 0.724. The fourth-order valence-corrected chi connectivity index (χ4v) is 4.80. The maximum Gasteiger partial charge on any atom is 0.255 e. The van der Waals surface area contributed by atoms with Crippen LogP contribution in [-0.2, 0) is 0 Å². The zero-order valence-electron chi connectivity index (χ0n) is 21.8. The minimum absolute atomic E-state index is 0.0985. The van der Waals surface area contributed by atoms with E-state index >= 15 is 0 Å². The van der Waals surface area contributed by atoms with E-state index in [0.29, 0.717) is 49.3 Å². The van der Waals surface area contributed by atoms with E-state index in [4.69, 9.17) is 22.9 Å². The van der Waals surface area contributed by atoms with E-state index in [9.17, 15) is 9.90 Å². The summed E-state index contributed by atoms with van der Waals surface area (Å²) in [7, 11) is 0. The van der Waals surface area contributed by atoms with Crippen LogP contribution in [0.25, 0.3) is 0 Å². The molecule has 2 fully saturated rings. The molecule has 2 aliphatic rings. The van der Waals surface area contributed by atoms with Crippen LogP contribution in [0.1, 0.15) is 22.3 Å². The number of rotatable bonds is 6. The van der Waals surface area contributed by atoms with Gasteiger partial charge in [-0.25, -0.2) is 0 Å². The van der Waals surface area contributed by atoms with Crippen molar-refractivity contribution in [1.82, 2.24) is 15.0 Å². The summed E-state index contributed by atoms with van der Waals surface area (Å²) in [6.45, 7) is 4.10. The van der Waals surface area contributed by atoms with E-state index in [-0.39, 0.29) is 47.5 Å². The van der Waals surface area contributed by atoms with Gasteiger partial charge in [-0.2, -0.15) is 15.0 Å². The molecular weight excluding hydrogens is 498 g/mol. The first-order valence-electron chi connectivity index (χ1n) is 12.9. The molecule has 0 unspecified atom stereocenters. The number of carbonyl (C=O) groups excluding carboxylic acids is 1. The number of hydrogen-bond donors (Lipinski definition) is 7. The van der Waals surface area contributed by atoms with Crippen molar-refractivity contribution >= 4 is 35.1 Å². The van der Waals surface area contributed by atoms with Crippen LogP contribution in [-0.4, -0.2) is 76.3 Å². The van der Waals surface area contributed by atoms with Crippen LogP contribution in [0.2, 0.25) is 0 Å². The van der Waals surface area contributed by atoms with Gasteiger partial charge in [0, 0.05) is 67.7 Å². The molecule has 13 heteroatoms. The molecule has 206 valence electrons. The number of nitrogens with zero attached hydrogens (tertiary/aromatic N) is 5. The number of aryl methyl sites for hydroxylation is 1. The summed E-state index contributed by atoms with van der Waals surface area (Å²) < 4.78 is 0. The van der Waals surface area contributed by atoms with Crippen LogP contribution >= 0.6 is 0 Å². The third-order valence-corrected chi connectivity index (χ3v) is 6.92. The number of aromatic hydroxyl groups is 1. The molecule has 0 bridgehead atoms. The number of nitrogens with one attached hydrogen (secondary N) is 2. The van der Waals surface area contributed by atoms with Crippen LogP contribution in [0.5, 0.6) is 5.75 Å². The molecule has 2 aromatic carbocycles. The average Bonchev–Trinajstić information content (AvgIpc) is 3.23. The van der Waals surface area contributed by atoms with E-state index in [1.165, 1.54) is 6.07 Å². The number of carbonyl (C=O) groups is 1. The smallest absolute Gasteiger partial charge is 0.255 e. The molecule has 4 atom stereocenters. The number of hydrogen-bond acceptors (Lipinski definition) is 12. The van der Waals surface area contributed by atoms with Gasteiger partial charge in [0.05, 0.1) is 5.69 Å². The molecule has 3 heterocycles. The lowest BCUT2D eigenvalue weighted by Crippen LogP contribution is -2.53. The van der Waals surface area contributed by atoms with Gasteiger partial charge in [-0.3, -0.25) is 4.79 Å². The second-order valence-corrected chi connectivity index (χ2v) is 10.3. The molecule has 1 amide bonds. The second kappa shape index (κ2) is 11.0. The molecule has 3 aromatic rings. The Hall–Kier alpha value is -4.04. The summed E-state index contributed by atoms with van der Waals surface area (Å²) in [5.41, 5.74) is 27.0. The van der Waals surface area contributed by atoms with E-state index in [1.54, 1.807) is 24.3 Å². The molecule has 0 spiro atoms. The van der Waals surface area contributed by atoms with Crippen molar-refractivity contribution in [3.63, 3.8) is 0 Å². The van der Waals surface area contributed by atoms with Crippen LogP contribution in [0.4, 0.5) is 29.2 Å². The molecule has 11 N–H and O–H groups in total. The molecule has 39 heavy (non-hydrogen) atoms. The van der Waals surface area contributed by atoms with Crippen LogP contribution in [0, 0.1) is 6.92 Å². The standard InChI is InChI=1S/C26H35N11O2/c1-14-2-4-15(5-3-14)23(39)32-21-7-6-18(9-22(21)38)31-24-33-25(36-10-16(27)8-17(28)11-36)35-26(34-24)37-12-19(29)20(30)13-37/h2-7,9,16-17,19-20,38H,8,10-13,27-30H2,1H3,(H,32,39)(H,31,33,34,35)/t16-,17+,19-,20+. The van der Waals surface area contributed by atoms with Crippen molar-refractivity contribution in [2.24, 2.45) is 22.9 Å². The largest absolute Gasteiger partial charge is 0.506 e. The predicted molar refractivity (Wildman–Crippen MR) is 151 cm³/mol. The zero-order valence-corrected chi connectivity index (χ0v) is 21.8. The molecule has 1 aromatic heterocycles. The number of anilines is 5. The predicted octanol–water partition coefficient (Wildman–Crippen LogP) is 0.221. The molecule has 2 aliphatic heterocycles. The van der Waals surface area contributed by atoms with Crippen LogP contribution in [0.3, 0.4) is 0 Å². The fourth-order valence-electron chi connectivity index (χ4n) is 4.80. The Morgan fingerprint density at radius 3 is 2.05 bits per heavy atom. The fraction of sp³-hybridized carbons (Fsp3) is 0.385. The molecule has 2 saturated heterocycles. The highest BCUT2D eigenvalue weighted by Gasteiger charge is 2.31. The number of nitrogens with two attached hydrogens (primary N) is 4. The Bertz CT molecular complexity index is 1320. The third kappa shape index (κ3) is 6.17. The van der Waals surface area contributed by atoms with Gasteiger partial charge in [-0.15, -0.1) is 0 Å². The topological polar surface area (TPSA) is 211 Å². The maximum absolute atomic E-state index is 12.6. The minimum Gasteiger partial charge on any atom is -0.506 e. The van der Waals surface area contributed by atoms with Gasteiger partial charge in [0.15, 0.2) is 0 Å². The monoisotopic (exact) mass is 533 g/mol. The summed E-state index contributed by atoms with van der Waals surface area (Å²) in [4.78, 5) is 30.4. The SMILES string of the molecule is Cc1ccc(C(=O)Nc2ccc(Nc3nc(N4C[C@H](N)C[C@H](N)C4)nc(N4C[C@@H](N)[C@@H](N)C4)n3)cc2O)cc1. The van der Waals surface area contributed by atoms with Gasteiger partial charge in [0.2, 0.25) is 17.8 Å². The van der Waals surface area contributed by atoms with Gasteiger partial charge < -0.3 is 48.5 Å². The van der Waals surface area contributed by atoms with E-state index in [2.05, 4.69) is 25.6 Å². The summed E-state index contributed by atoms with van der Waals surface area (Å²) >= 11 is 0. The lowest BCUT2D eigenvalue weighted by Gasteiger charge is -2.35. The minimum atomic E-state index is -0.322. The highest BCUT2D eigenvalue weighted by molar-refractivity contribution is 6.05. The average molecular weight is 534 g/mol. The highest BCUT2D eigenvalue weighted by Crippen LogP contribution is 2.30. The first-order chi connectivity index (χ1) is 18.6. The quantitative estimate of drug-likeness (QED) is 0.212. The Morgan fingerprint density at radius 1 is 0.872 bits per heavy atom. The van der Waals surface area contributed by atoms with E-state index in [1.807, 2.05) is 28.9 Å². The number of amides is 1. The van der Waals surface area contributed by atoms with Crippen molar-refractivity contribution in [1.29, 1.82) is 0 Å². The molecule has 0 saturated carbocycles. The van der Waals surface area contributed by atoms with Gasteiger partial charge in [-0.1, -0.05) is 17.7 Å². The molecule has 0 aliphatic carbocycles. The normalized spacial score (nSPS) is 23.1. The number of piperidine rings is 1. The van der Waals surface area contributed by atoms with Gasteiger partial charge >= 0.3 is 0 Å². The van der Waals surface area contributed by atoms with Crippen molar-refractivity contribution in [3.05, 3.63) is 53.6 Å². The third-order valence-electron chi connectivity index (χ3n) is 6.92. The molecule has 13 nitrogen and oxygen atoms in total. The van der Waals surface area contributed by atoms with Crippen molar-refractivity contribution < 1.29 is 9.90 Å². The van der Waals surface area contributed by atoms with Crippen molar-refractivity contribution in [2.75, 3.05) is 46.6 Å². The Labute approximate surface area is 226 Å². The highest BCUT2D eigenvalue weighted by atomic mass is 16.3. The number of phenols is 1. The number of phenolic OH excluding ortho intramolecular Hbond substituents is 1. The lowest BCUT2D eigenvalue weighted by atomic mass is 10.0. The summed E-state index contributed by atoms with van der Waals surface area (Å²) in [5.74, 6) is 0.711. The van der Waals surface area contributed by atoms with Crippen molar-refractivity contribution in [2.45, 2.75) is 37.5 Å². The Morgan fingerprint density at radius 2 is 1.46 bits per heavy atom. The number of aromatic nitrogens is 3. The van der Waals surface area contributed by atoms with Crippen molar-refractivity contribution in [3.8, 4) is 5.75 Å². The Kier molecular flexibility index (Phi) is 7.48. The van der Waals surface area contributed by atoms with Crippen LogP contribution < -0.4 is 43.4 Å². The van der Waals surface area contributed by atoms with Gasteiger partial charge in [0.1, 0.15) is 5.75 Å². The molecule has 0 radical (unpaired) electrons. The first kappa shape index (κ1) is 26.6. The van der Waals surface area contributed by atoms with Crippen LogP contribution in [0.15, 0.2) is 42.5 Å². The first-order valence-corrected chi connectivity index (χ1v) is 12.9.